The Bertz CT molecular complexity index is 366. The molecule has 0 spiro atoms. The van der Waals surface area contributed by atoms with Gasteiger partial charge in [-0.2, -0.15) is 0 Å². The van der Waals surface area contributed by atoms with Crippen molar-refractivity contribution in [2.24, 2.45) is 17.6 Å². The van der Waals surface area contributed by atoms with Gasteiger partial charge in [0.15, 0.2) is 0 Å². The largest absolute Gasteiger partial charge is 0.327 e. The lowest BCUT2D eigenvalue weighted by Gasteiger charge is -2.33. The van der Waals surface area contributed by atoms with Crippen molar-refractivity contribution < 1.29 is 0 Å². The highest BCUT2D eigenvalue weighted by atomic mass is 15.1. The van der Waals surface area contributed by atoms with Crippen LogP contribution in [0.25, 0.3) is 0 Å². The number of hydrogen-bond donors (Lipinski definition) is 1. The summed E-state index contributed by atoms with van der Waals surface area (Å²) in [6.07, 6.45) is 5.03. The molecular formula is C18H30N2. The third-order valence-electron chi connectivity index (χ3n) is 4.34. The van der Waals surface area contributed by atoms with E-state index in [1.807, 2.05) is 0 Å². The minimum Gasteiger partial charge on any atom is -0.327 e. The summed E-state index contributed by atoms with van der Waals surface area (Å²) in [6, 6.07) is 11.3. The molecule has 0 aromatic heterocycles. The summed E-state index contributed by atoms with van der Waals surface area (Å²) in [4.78, 5) is 2.56. The summed E-state index contributed by atoms with van der Waals surface area (Å²) in [5.74, 6) is 1.57. The molecular weight excluding hydrogens is 244 g/mol. The molecule has 1 aliphatic heterocycles. The maximum absolute atomic E-state index is 6.22. The fraction of sp³-hybridized carbons (Fsp3) is 0.667. The first-order chi connectivity index (χ1) is 9.63. The molecule has 1 heterocycles. The standard InChI is InChI=1S/C18H30N2/c1-15(2)12-18(19)14-20-10-8-17(9-11-20)13-16-6-4-3-5-7-16/h3-7,15,17-18H,8-14,19H2,1-2H3. The van der Waals surface area contributed by atoms with E-state index in [1.165, 1.54) is 37.9 Å². The van der Waals surface area contributed by atoms with Crippen LogP contribution in [0.4, 0.5) is 0 Å². The summed E-state index contributed by atoms with van der Waals surface area (Å²) in [6.45, 7) is 8.04. The molecule has 1 aromatic carbocycles. The van der Waals surface area contributed by atoms with E-state index < -0.39 is 0 Å². The molecule has 1 aliphatic rings. The van der Waals surface area contributed by atoms with Gasteiger partial charge in [-0.3, -0.25) is 0 Å². The van der Waals surface area contributed by atoms with Gasteiger partial charge in [-0.1, -0.05) is 44.2 Å². The molecule has 1 unspecified atom stereocenters. The van der Waals surface area contributed by atoms with Crippen molar-refractivity contribution in [3.63, 3.8) is 0 Å². The number of benzene rings is 1. The molecule has 0 saturated carbocycles. The van der Waals surface area contributed by atoms with Crippen LogP contribution in [0.2, 0.25) is 0 Å². The lowest BCUT2D eigenvalue weighted by Crippen LogP contribution is -2.42. The quantitative estimate of drug-likeness (QED) is 0.862. The zero-order chi connectivity index (χ0) is 14.4. The highest BCUT2D eigenvalue weighted by Gasteiger charge is 2.20. The second-order valence-corrected chi connectivity index (χ2v) is 6.82. The normalized spacial score (nSPS) is 19.4. The fourth-order valence-corrected chi connectivity index (χ4v) is 3.33. The van der Waals surface area contributed by atoms with Crippen LogP contribution in [0.5, 0.6) is 0 Å². The Labute approximate surface area is 124 Å². The van der Waals surface area contributed by atoms with Gasteiger partial charge in [0, 0.05) is 12.6 Å². The van der Waals surface area contributed by atoms with E-state index in [4.69, 9.17) is 5.73 Å². The Balaban J connectivity index is 1.70. The third kappa shape index (κ3) is 5.26. The SMILES string of the molecule is CC(C)CC(N)CN1CCC(Cc2ccccc2)CC1. The lowest BCUT2D eigenvalue weighted by molar-refractivity contribution is 0.170. The van der Waals surface area contributed by atoms with Crippen LogP contribution in [0.15, 0.2) is 30.3 Å². The van der Waals surface area contributed by atoms with E-state index in [1.54, 1.807) is 0 Å². The van der Waals surface area contributed by atoms with Gasteiger partial charge in [0.2, 0.25) is 0 Å². The number of hydrogen-bond acceptors (Lipinski definition) is 2. The van der Waals surface area contributed by atoms with Gasteiger partial charge in [-0.05, 0) is 56.2 Å². The van der Waals surface area contributed by atoms with Gasteiger partial charge in [-0.15, -0.1) is 0 Å². The van der Waals surface area contributed by atoms with Gasteiger partial charge in [0.05, 0.1) is 0 Å². The first kappa shape index (κ1) is 15.5. The number of piperidine rings is 1. The van der Waals surface area contributed by atoms with Crippen LogP contribution in [-0.2, 0) is 6.42 Å². The summed E-state index contributed by atoms with van der Waals surface area (Å²) >= 11 is 0. The molecule has 0 bridgehead atoms. The van der Waals surface area contributed by atoms with Crippen LogP contribution in [-0.4, -0.2) is 30.6 Å². The molecule has 0 amide bonds. The maximum Gasteiger partial charge on any atom is 0.0170 e. The van der Waals surface area contributed by atoms with Crippen LogP contribution < -0.4 is 5.73 Å². The molecule has 0 radical (unpaired) electrons. The van der Waals surface area contributed by atoms with E-state index in [2.05, 4.69) is 49.1 Å². The molecule has 1 aromatic rings. The highest BCUT2D eigenvalue weighted by Crippen LogP contribution is 2.22. The van der Waals surface area contributed by atoms with E-state index in [0.717, 1.165) is 18.9 Å². The predicted molar refractivity (Wildman–Crippen MR) is 86.7 cm³/mol. The van der Waals surface area contributed by atoms with Crippen molar-refractivity contribution in [3.8, 4) is 0 Å². The maximum atomic E-state index is 6.22. The van der Waals surface area contributed by atoms with Crippen LogP contribution in [0, 0.1) is 11.8 Å². The van der Waals surface area contributed by atoms with Gasteiger partial charge in [-0.25, -0.2) is 0 Å². The highest BCUT2D eigenvalue weighted by molar-refractivity contribution is 5.15. The Morgan fingerprint density at radius 2 is 1.80 bits per heavy atom. The van der Waals surface area contributed by atoms with Gasteiger partial charge in [0.25, 0.3) is 0 Å². The van der Waals surface area contributed by atoms with E-state index in [0.29, 0.717) is 12.0 Å². The van der Waals surface area contributed by atoms with Crippen molar-refractivity contribution in [3.05, 3.63) is 35.9 Å². The zero-order valence-corrected chi connectivity index (χ0v) is 13.1. The summed E-state index contributed by atoms with van der Waals surface area (Å²) in [5.41, 5.74) is 7.71. The first-order valence-electron chi connectivity index (χ1n) is 8.15. The van der Waals surface area contributed by atoms with Gasteiger partial charge in [0.1, 0.15) is 0 Å². The third-order valence-corrected chi connectivity index (χ3v) is 4.34. The average molecular weight is 274 g/mol. The molecule has 2 rings (SSSR count). The summed E-state index contributed by atoms with van der Waals surface area (Å²) < 4.78 is 0. The lowest BCUT2D eigenvalue weighted by atomic mass is 9.90. The minimum absolute atomic E-state index is 0.348. The molecule has 0 aliphatic carbocycles. The number of likely N-dealkylation sites (tertiary alicyclic amines) is 1. The average Bonchev–Trinajstić information content (AvgIpc) is 2.41. The molecule has 2 N–H and O–H groups in total. The van der Waals surface area contributed by atoms with Crippen molar-refractivity contribution in [1.82, 2.24) is 4.90 Å². The topological polar surface area (TPSA) is 29.3 Å². The second kappa shape index (κ2) is 7.80. The number of nitrogens with two attached hydrogens (primary N) is 1. The minimum atomic E-state index is 0.348. The first-order valence-corrected chi connectivity index (χ1v) is 8.15. The predicted octanol–water partition coefficient (Wildman–Crippen LogP) is 3.31. The van der Waals surface area contributed by atoms with Crippen LogP contribution in [0.3, 0.4) is 0 Å². The molecule has 112 valence electrons. The Hall–Kier alpha value is -0.860. The second-order valence-electron chi connectivity index (χ2n) is 6.82. The van der Waals surface area contributed by atoms with E-state index in [9.17, 15) is 0 Å². The van der Waals surface area contributed by atoms with Crippen molar-refractivity contribution >= 4 is 0 Å². The summed E-state index contributed by atoms with van der Waals surface area (Å²) in [5, 5.41) is 0. The Morgan fingerprint density at radius 3 is 2.40 bits per heavy atom. The smallest absolute Gasteiger partial charge is 0.0170 e. The summed E-state index contributed by atoms with van der Waals surface area (Å²) in [7, 11) is 0. The fourth-order valence-electron chi connectivity index (χ4n) is 3.33. The Morgan fingerprint density at radius 1 is 1.15 bits per heavy atom. The zero-order valence-electron chi connectivity index (χ0n) is 13.1. The molecule has 1 saturated heterocycles. The van der Waals surface area contributed by atoms with Gasteiger partial charge < -0.3 is 10.6 Å². The van der Waals surface area contributed by atoms with Crippen molar-refractivity contribution in [1.29, 1.82) is 0 Å². The van der Waals surface area contributed by atoms with E-state index >= 15 is 0 Å². The molecule has 1 atom stereocenters. The molecule has 2 nitrogen and oxygen atoms in total. The molecule has 20 heavy (non-hydrogen) atoms. The van der Waals surface area contributed by atoms with Crippen LogP contribution in [0.1, 0.15) is 38.7 Å². The number of rotatable bonds is 6. The number of nitrogens with zero attached hydrogens (tertiary/aromatic N) is 1. The monoisotopic (exact) mass is 274 g/mol. The van der Waals surface area contributed by atoms with E-state index in [-0.39, 0.29) is 0 Å². The van der Waals surface area contributed by atoms with Gasteiger partial charge >= 0.3 is 0 Å². The van der Waals surface area contributed by atoms with Crippen molar-refractivity contribution in [2.75, 3.05) is 19.6 Å². The van der Waals surface area contributed by atoms with Crippen LogP contribution >= 0.6 is 0 Å². The van der Waals surface area contributed by atoms with Crippen molar-refractivity contribution in [2.45, 2.75) is 45.6 Å². The Kier molecular flexibility index (Phi) is 6.06. The molecule has 1 fully saturated rings. The molecule has 2 heteroatoms.